The van der Waals surface area contributed by atoms with E-state index in [9.17, 15) is 4.79 Å². The highest BCUT2D eigenvalue weighted by Crippen LogP contribution is 2.39. The number of hydrogen-bond acceptors (Lipinski definition) is 5. The Kier molecular flexibility index (Phi) is 4.26. The molecule has 1 fully saturated rings. The van der Waals surface area contributed by atoms with Gasteiger partial charge >= 0.3 is 5.97 Å². The molecule has 0 aliphatic heterocycles. The maximum absolute atomic E-state index is 11.0. The fourth-order valence-corrected chi connectivity index (χ4v) is 2.74. The number of halogens is 1. The number of anilines is 2. The standard InChI is InChI=1S/C19H15ClN4O2/c20-14-3-1-2-13(10-14)17-22-16(11-4-5-11)23-19(24-17)21-15-8-6-12(7-9-15)18(25)26/h1-3,6-11H,4-5H2,(H,25,26)(H,21,22,23,24). The van der Waals surface area contributed by atoms with E-state index in [0.29, 0.717) is 28.4 Å². The van der Waals surface area contributed by atoms with Crippen LogP contribution in [0.2, 0.25) is 5.02 Å². The fourth-order valence-electron chi connectivity index (χ4n) is 2.55. The minimum atomic E-state index is -0.962. The van der Waals surface area contributed by atoms with Gasteiger partial charge in [-0.1, -0.05) is 23.7 Å². The van der Waals surface area contributed by atoms with E-state index in [1.54, 1.807) is 18.2 Å². The van der Waals surface area contributed by atoms with Crippen molar-refractivity contribution in [2.24, 2.45) is 0 Å². The Morgan fingerprint density at radius 1 is 1.08 bits per heavy atom. The van der Waals surface area contributed by atoms with Crippen LogP contribution in [0.25, 0.3) is 11.4 Å². The molecule has 1 saturated carbocycles. The molecule has 0 amide bonds. The van der Waals surface area contributed by atoms with Crippen molar-refractivity contribution in [1.82, 2.24) is 15.0 Å². The Labute approximate surface area is 154 Å². The highest BCUT2D eigenvalue weighted by Gasteiger charge is 2.28. The number of benzene rings is 2. The molecule has 1 heterocycles. The van der Waals surface area contributed by atoms with Crippen LogP contribution in [0, 0.1) is 0 Å². The van der Waals surface area contributed by atoms with Crippen molar-refractivity contribution in [3.05, 3.63) is 64.9 Å². The van der Waals surface area contributed by atoms with E-state index >= 15 is 0 Å². The van der Waals surface area contributed by atoms with Gasteiger partial charge in [0.1, 0.15) is 5.82 Å². The molecule has 130 valence electrons. The summed E-state index contributed by atoms with van der Waals surface area (Å²) in [6.45, 7) is 0. The molecule has 0 radical (unpaired) electrons. The molecule has 0 bridgehead atoms. The Balaban J connectivity index is 1.68. The summed E-state index contributed by atoms with van der Waals surface area (Å²) in [7, 11) is 0. The Morgan fingerprint density at radius 2 is 1.85 bits per heavy atom. The molecular formula is C19H15ClN4O2. The molecular weight excluding hydrogens is 352 g/mol. The van der Waals surface area contributed by atoms with Crippen LogP contribution in [0.4, 0.5) is 11.6 Å². The number of nitrogens with zero attached hydrogens (tertiary/aromatic N) is 3. The van der Waals surface area contributed by atoms with Crippen molar-refractivity contribution >= 4 is 29.2 Å². The predicted octanol–water partition coefficient (Wildman–Crippen LogP) is 4.51. The maximum atomic E-state index is 11.0. The zero-order chi connectivity index (χ0) is 18.1. The second kappa shape index (κ2) is 6.72. The largest absolute Gasteiger partial charge is 0.478 e. The first kappa shape index (κ1) is 16.5. The van der Waals surface area contributed by atoms with Crippen LogP contribution in [-0.2, 0) is 0 Å². The van der Waals surface area contributed by atoms with Gasteiger partial charge in [-0.05, 0) is 49.2 Å². The van der Waals surface area contributed by atoms with E-state index in [0.717, 1.165) is 24.2 Å². The number of carbonyl (C=O) groups is 1. The SMILES string of the molecule is O=C(O)c1ccc(Nc2nc(-c3cccc(Cl)c3)nc(C3CC3)n2)cc1. The van der Waals surface area contributed by atoms with Gasteiger partial charge in [0.15, 0.2) is 5.82 Å². The van der Waals surface area contributed by atoms with Crippen molar-refractivity contribution in [1.29, 1.82) is 0 Å². The van der Waals surface area contributed by atoms with E-state index in [2.05, 4.69) is 20.3 Å². The number of hydrogen-bond donors (Lipinski definition) is 2. The van der Waals surface area contributed by atoms with Crippen LogP contribution in [0.5, 0.6) is 0 Å². The molecule has 4 rings (SSSR count). The van der Waals surface area contributed by atoms with Crippen molar-refractivity contribution < 1.29 is 9.90 Å². The fraction of sp³-hybridized carbons (Fsp3) is 0.158. The lowest BCUT2D eigenvalue weighted by atomic mass is 10.2. The van der Waals surface area contributed by atoms with E-state index in [4.69, 9.17) is 16.7 Å². The van der Waals surface area contributed by atoms with Crippen LogP contribution < -0.4 is 5.32 Å². The van der Waals surface area contributed by atoms with E-state index in [-0.39, 0.29) is 5.56 Å². The van der Waals surface area contributed by atoms with Gasteiger partial charge in [-0.3, -0.25) is 0 Å². The summed E-state index contributed by atoms with van der Waals surface area (Å²) in [6, 6.07) is 13.8. The lowest BCUT2D eigenvalue weighted by Crippen LogP contribution is -2.05. The van der Waals surface area contributed by atoms with E-state index in [1.165, 1.54) is 12.1 Å². The number of carboxylic acid groups (broad SMARTS) is 1. The van der Waals surface area contributed by atoms with Crippen LogP contribution in [-0.4, -0.2) is 26.0 Å². The summed E-state index contributed by atoms with van der Waals surface area (Å²) in [4.78, 5) is 24.6. The normalized spacial score (nSPS) is 13.4. The number of aromatic carboxylic acids is 1. The molecule has 7 heteroatoms. The van der Waals surface area contributed by atoms with Crippen LogP contribution in [0.3, 0.4) is 0 Å². The molecule has 2 aromatic carbocycles. The van der Waals surface area contributed by atoms with Gasteiger partial charge in [0, 0.05) is 22.2 Å². The molecule has 0 unspecified atom stereocenters. The molecule has 6 nitrogen and oxygen atoms in total. The molecule has 3 aromatic rings. The lowest BCUT2D eigenvalue weighted by Gasteiger charge is -2.09. The summed E-state index contributed by atoms with van der Waals surface area (Å²) < 4.78 is 0. The third-order valence-electron chi connectivity index (χ3n) is 4.07. The van der Waals surface area contributed by atoms with Gasteiger partial charge in [-0.2, -0.15) is 9.97 Å². The van der Waals surface area contributed by atoms with Gasteiger partial charge in [0.2, 0.25) is 5.95 Å². The van der Waals surface area contributed by atoms with Gasteiger partial charge in [0.05, 0.1) is 5.56 Å². The molecule has 26 heavy (non-hydrogen) atoms. The minimum Gasteiger partial charge on any atom is -0.478 e. The first-order valence-corrected chi connectivity index (χ1v) is 8.58. The van der Waals surface area contributed by atoms with Crippen molar-refractivity contribution in [3.63, 3.8) is 0 Å². The topological polar surface area (TPSA) is 88.0 Å². The summed E-state index contributed by atoms with van der Waals surface area (Å²) in [5.74, 6) is 1.16. The average molecular weight is 367 g/mol. The smallest absolute Gasteiger partial charge is 0.335 e. The maximum Gasteiger partial charge on any atom is 0.335 e. The second-order valence-electron chi connectivity index (χ2n) is 6.13. The predicted molar refractivity (Wildman–Crippen MR) is 98.9 cm³/mol. The van der Waals surface area contributed by atoms with Crippen molar-refractivity contribution in [2.45, 2.75) is 18.8 Å². The lowest BCUT2D eigenvalue weighted by molar-refractivity contribution is 0.0697. The summed E-state index contributed by atoms with van der Waals surface area (Å²) >= 11 is 6.08. The molecule has 1 aliphatic rings. The number of nitrogens with one attached hydrogen (secondary N) is 1. The van der Waals surface area contributed by atoms with Crippen LogP contribution in [0.1, 0.15) is 34.9 Å². The van der Waals surface area contributed by atoms with E-state index < -0.39 is 5.97 Å². The average Bonchev–Trinajstić information content (AvgIpc) is 3.47. The Morgan fingerprint density at radius 3 is 2.50 bits per heavy atom. The molecule has 1 aliphatic carbocycles. The number of carboxylic acids is 1. The molecule has 1 aromatic heterocycles. The zero-order valence-corrected chi connectivity index (χ0v) is 14.4. The first-order chi connectivity index (χ1) is 12.6. The summed E-state index contributed by atoms with van der Waals surface area (Å²) in [6.07, 6.45) is 2.15. The monoisotopic (exact) mass is 366 g/mol. The summed E-state index contributed by atoms with van der Waals surface area (Å²) in [5, 5.41) is 12.7. The minimum absolute atomic E-state index is 0.226. The quantitative estimate of drug-likeness (QED) is 0.690. The zero-order valence-electron chi connectivity index (χ0n) is 13.7. The van der Waals surface area contributed by atoms with Crippen LogP contribution >= 0.6 is 11.6 Å². The highest BCUT2D eigenvalue weighted by molar-refractivity contribution is 6.30. The van der Waals surface area contributed by atoms with Gasteiger partial charge in [-0.25, -0.2) is 9.78 Å². The third kappa shape index (κ3) is 3.65. The van der Waals surface area contributed by atoms with Gasteiger partial charge in [0.25, 0.3) is 0 Å². The Bertz CT molecular complexity index is 972. The second-order valence-corrected chi connectivity index (χ2v) is 6.57. The third-order valence-corrected chi connectivity index (χ3v) is 4.30. The molecule has 0 atom stereocenters. The van der Waals surface area contributed by atoms with Gasteiger partial charge < -0.3 is 10.4 Å². The summed E-state index contributed by atoms with van der Waals surface area (Å²) in [5.41, 5.74) is 1.76. The van der Waals surface area contributed by atoms with E-state index in [1.807, 2.05) is 18.2 Å². The van der Waals surface area contributed by atoms with Gasteiger partial charge in [-0.15, -0.1) is 0 Å². The molecule has 2 N–H and O–H groups in total. The first-order valence-electron chi connectivity index (χ1n) is 8.21. The highest BCUT2D eigenvalue weighted by atomic mass is 35.5. The number of aromatic nitrogens is 3. The molecule has 0 saturated heterocycles. The molecule has 0 spiro atoms. The number of rotatable bonds is 5. The van der Waals surface area contributed by atoms with Crippen LogP contribution in [0.15, 0.2) is 48.5 Å². The Hall–Kier alpha value is -2.99. The van der Waals surface area contributed by atoms with Crippen molar-refractivity contribution in [2.75, 3.05) is 5.32 Å². The van der Waals surface area contributed by atoms with Crippen molar-refractivity contribution in [3.8, 4) is 11.4 Å².